The van der Waals surface area contributed by atoms with E-state index in [1.807, 2.05) is 37.3 Å². The Kier molecular flexibility index (Phi) is 6.59. The number of sulfonamides is 1. The van der Waals surface area contributed by atoms with Gasteiger partial charge in [-0.15, -0.1) is 5.92 Å². The first-order valence-electron chi connectivity index (χ1n) is 14.4. The minimum Gasteiger partial charge on any atom is -0.377 e. The van der Waals surface area contributed by atoms with E-state index in [9.17, 15) is 18.3 Å². The zero-order valence-corrected chi connectivity index (χ0v) is 24.3. The van der Waals surface area contributed by atoms with Gasteiger partial charge in [-0.3, -0.25) is 9.52 Å². The first-order chi connectivity index (χ1) is 19.0. The highest BCUT2D eigenvalue weighted by Crippen LogP contribution is 2.66. The Labute approximate surface area is 237 Å². The lowest BCUT2D eigenvalue weighted by Gasteiger charge is -2.53. The molecule has 0 saturated heterocycles. The molecule has 1 unspecified atom stereocenters. The Morgan fingerprint density at radius 1 is 1.00 bits per heavy atom. The van der Waals surface area contributed by atoms with Crippen LogP contribution in [0.1, 0.15) is 75.8 Å². The van der Waals surface area contributed by atoms with Crippen LogP contribution in [0.25, 0.3) is 0 Å². The number of hydrogen-bond acceptors (Lipinski definition) is 4. The van der Waals surface area contributed by atoms with Gasteiger partial charge in [0.25, 0.3) is 10.0 Å². The molecule has 0 aromatic heterocycles. The van der Waals surface area contributed by atoms with Gasteiger partial charge in [-0.05, 0) is 111 Å². The van der Waals surface area contributed by atoms with Crippen molar-refractivity contribution in [2.75, 3.05) is 4.72 Å². The minimum absolute atomic E-state index is 0.0733. The summed E-state index contributed by atoms with van der Waals surface area (Å²) in [7, 11) is -3.70. The van der Waals surface area contributed by atoms with E-state index in [4.69, 9.17) is 0 Å². The van der Waals surface area contributed by atoms with Crippen LogP contribution in [0.15, 0.2) is 76.2 Å². The summed E-state index contributed by atoms with van der Waals surface area (Å²) in [4.78, 5) is 12.5. The van der Waals surface area contributed by atoms with Crippen LogP contribution in [0, 0.1) is 36.0 Å². The molecule has 2 saturated carbocycles. The van der Waals surface area contributed by atoms with Crippen LogP contribution < -0.4 is 4.72 Å². The molecular formula is C34H37NO4S. The number of hydrogen-bond donors (Lipinski definition) is 2. The van der Waals surface area contributed by atoms with E-state index in [1.54, 1.807) is 31.2 Å². The molecule has 0 spiro atoms. The number of anilines is 1. The highest BCUT2D eigenvalue weighted by atomic mass is 32.2. The summed E-state index contributed by atoms with van der Waals surface area (Å²) in [6, 6.07) is 14.5. The third kappa shape index (κ3) is 4.35. The van der Waals surface area contributed by atoms with Gasteiger partial charge in [-0.25, -0.2) is 8.42 Å². The first kappa shape index (κ1) is 27.1. The van der Waals surface area contributed by atoms with E-state index in [0.717, 1.165) is 43.2 Å². The largest absolute Gasteiger partial charge is 0.377 e. The van der Waals surface area contributed by atoms with Crippen LogP contribution in [0.2, 0.25) is 0 Å². The molecule has 5 nitrogen and oxygen atoms in total. The standard InChI is InChI=1S/C34H37NO4S/c1-4-18-34(37)19-17-31-29-15-9-24-20-26(36)12-16-28(24)32(29)30(21-33(31,34)3)23-7-10-25(11-8-23)35-40(38,39)27-13-5-22(2)6-14-27/h5-8,10-11,13-14,20,29-31,35,37H,9,12,15-17,19,21H2,1-3H3/t29-,30+,31?,33-,34-/m0/s1. The van der Waals surface area contributed by atoms with E-state index in [1.165, 1.54) is 16.7 Å². The molecule has 40 heavy (non-hydrogen) atoms. The number of nitrogens with one attached hydrogen (secondary N) is 1. The smallest absolute Gasteiger partial charge is 0.261 e. The number of ketones is 1. The summed E-state index contributed by atoms with van der Waals surface area (Å²) in [5.41, 5.74) is 5.24. The molecule has 2 fully saturated rings. The molecule has 4 aliphatic rings. The summed E-state index contributed by atoms with van der Waals surface area (Å²) < 4.78 is 28.7. The van der Waals surface area contributed by atoms with Gasteiger partial charge in [-0.1, -0.05) is 48.2 Å². The second-order valence-electron chi connectivity index (χ2n) is 12.3. The summed E-state index contributed by atoms with van der Waals surface area (Å²) >= 11 is 0. The highest BCUT2D eigenvalue weighted by molar-refractivity contribution is 7.92. The number of rotatable bonds is 4. The van der Waals surface area contributed by atoms with Gasteiger partial charge in [0, 0.05) is 23.4 Å². The van der Waals surface area contributed by atoms with Crippen molar-refractivity contribution in [3.8, 4) is 11.8 Å². The van der Waals surface area contributed by atoms with Crippen LogP contribution in [0.5, 0.6) is 0 Å². The monoisotopic (exact) mass is 555 g/mol. The molecule has 0 aliphatic heterocycles. The average molecular weight is 556 g/mol. The SMILES string of the molecule is CC#C[C@]1(O)CCC2[C@@H]3CCC4=CC(=O)CCC4=C3[C@@H](c3ccc(NS(=O)(=O)c4ccc(C)cc4)cc3)C[C@@]21C. The van der Waals surface area contributed by atoms with Crippen LogP contribution in [-0.4, -0.2) is 24.9 Å². The summed E-state index contributed by atoms with van der Waals surface area (Å²) in [5, 5.41) is 11.8. The van der Waals surface area contributed by atoms with Gasteiger partial charge in [0.1, 0.15) is 5.60 Å². The molecule has 6 heteroatoms. The molecular weight excluding hydrogens is 518 g/mol. The topological polar surface area (TPSA) is 83.5 Å². The molecule has 2 aromatic rings. The number of fused-ring (bicyclic) bond motifs is 4. The van der Waals surface area contributed by atoms with Crippen molar-refractivity contribution in [1.82, 2.24) is 0 Å². The third-order valence-corrected chi connectivity index (χ3v) is 11.5. The van der Waals surface area contributed by atoms with E-state index in [0.29, 0.717) is 30.4 Å². The van der Waals surface area contributed by atoms with Crippen LogP contribution in [0.4, 0.5) is 5.69 Å². The molecule has 208 valence electrons. The van der Waals surface area contributed by atoms with Crippen molar-refractivity contribution in [3.05, 3.63) is 82.5 Å². The van der Waals surface area contributed by atoms with Gasteiger partial charge in [0.05, 0.1) is 4.90 Å². The van der Waals surface area contributed by atoms with E-state index in [2.05, 4.69) is 23.5 Å². The van der Waals surface area contributed by atoms with Crippen molar-refractivity contribution in [3.63, 3.8) is 0 Å². The third-order valence-electron chi connectivity index (χ3n) is 10.1. The minimum atomic E-state index is -3.70. The molecule has 0 amide bonds. The molecule has 0 bridgehead atoms. The van der Waals surface area contributed by atoms with Crippen molar-refractivity contribution in [2.24, 2.45) is 17.3 Å². The highest BCUT2D eigenvalue weighted by Gasteiger charge is 2.62. The predicted octanol–water partition coefficient (Wildman–Crippen LogP) is 6.45. The fraction of sp³-hybridized carbons (Fsp3) is 0.441. The van der Waals surface area contributed by atoms with Crippen molar-refractivity contribution in [2.45, 2.75) is 82.1 Å². The van der Waals surface area contributed by atoms with Crippen molar-refractivity contribution < 1.29 is 18.3 Å². The molecule has 6 rings (SSSR count). The predicted molar refractivity (Wildman–Crippen MR) is 157 cm³/mol. The van der Waals surface area contributed by atoms with Gasteiger partial charge in [0.2, 0.25) is 0 Å². The van der Waals surface area contributed by atoms with Gasteiger partial charge < -0.3 is 5.11 Å². The van der Waals surface area contributed by atoms with E-state index in [-0.39, 0.29) is 22.0 Å². The fourth-order valence-electron chi connectivity index (χ4n) is 8.09. The first-order valence-corrected chi connectivity index (χ1v) is 15.9. The number of carbonyl (C=O) groups is 1. The second kappa shape index (κ2) is 9.75. The Morgan fingerprint density at radius 2 is 1.73 bits per heavy atom. The van der Waals surface area contributed by atoms with Gasteiger partial charge in [0.15, 0.2) is 5.78 Å². The quantitative estimate of drug-likeness (QED) is 0.425. The number of aliphatic hydroxyl groups is 1. The Hall–Kier alpha value is -3.14. The lowest BCUT2D eigenvalue weighted by Crippen LogP contribution is -2.51. The molecule has 0 radical (unpaired) electrons. The van der Waals surface area contributed by atoms with Crippen molar-refractivity contribution in [1.29, 1.82) is 0 Å². The fourth-order valence-corrected chi connectivity index (χ4v) is 9.15. The Bertz CT molecular complexity index is 1590. The number of benzene rings is 2. The second-order valence-corrected chi connectivity index (χ2v) is 14.0. The van der Waals surface area contributed by atoms with Crippen LogP contribution in [0.3, 0.4) is 0 Å². The molecule has 0 heterocycles. The normalized spacial score (nSPS) is 31.4. The zero-order valence-electron chi connectivity index (χ0n) is 23.5. The number of allylic oxidation sites excluding steroid dienone is 4. The summed E-state index contributed by atoms with van der Waals surface area (Å²) in [5.74, 6) is 7.19. The average Bonchev–Trinajstić information content (AvgIpc) is 3.18. The number of carbonyl (C=O) groups excluding carboxylic acids is 1. The van der Waals surface area contributed by atoms with Gasteiger partial charge >= 0.3 is 0 Å². The zero-order chi connectivity index (χ0) is 28.3. The maximum Gasteiger partial charge on any atom is 0.261 e. The lowest BCUT2D eigenvalue weighted by atomic mass is 9.51. The maximum atomic E-state index is 13.0. The van der Waals surface area contributed by atoms with Crippen molar-refractivity contribution >= 4 is 21.5 Å². The summed E-state index contributed by atoms with van der Waals surface area (Å²) in [6.07, 6.45) is 7.50. The Balaban J connectivity index is 1.39. The lowest BCUT2D eigenvalue weighted by molar-refractivity contribution is -0.114. The Morgan fingerprint density at radius 3 is 2.42 bits per heavy atom. The molecule has 4 aliphatic carbocycles. The molecule has 5 atom stereocenters. The number of aryl methyl sites for hydroxylation is 1. The van der Waals surface area contributed by atoms with Crippen LogP contribution >= 0.6 is 0 Å². The molecule has 2 N–H and O–H groups in total. The van der Waals surface area contributed by atoms with E-state index < -0.39 is 15.6 Å². The molecule has 2 aromatic carbocycles. The van der Waals surface area contributed by atoms with E-state index >= 15 is 0 Å². The maximum absolute atomic E-state index is 13.0. The summed E-state index contributed by atoms with van der Waals surface area (Å²) in [6.45, 7) is 5.95. The van der Waals surface area contributed by atoms with Gasteiger partial charge in [-0.2, -0.15) is 0 Å². The van der Waals surface area contributed by atoms with Crippen LogP contribution in [-0.2, 0) is 14.8 Å².